The normalized spacial score (nSPS) is 11.1. The average molecular weight is 359 g/mol. The van der Waals surface area contributed by atoms with E-state index >= 15 is 0 Å². The van der Waals surface area contributed by atoms with Crippen LogP contribution in [0.1, 0.15) is 6.92 Å². The summed E-state index contributed by atoms with van der Waals surface area (Å²) in [6, 6.07) is 4.55. The van der Waals surface area contributed by atoms with Gasteiger partial charge in [0, 0.05) is 12.2 Å². The molecular formula is C13H22Cl3N3O2. The Morgan fingerprint density at radius 3 is 2.52 bits per heavy atom. The van der Waals surface area contributed by atoms with E-state index < -0.39 is 6.04 Å². The van der Waals surface area contributed by atoms with Crippen LogP contribution in [0.25, 0.3) is 0 Å². The van der Waals surface area contributed by atoms with Crippen molar-refractivity contribution in [2.75, 3.05) is 32.6 Å². The zero-order chi connectivity index (χ0) is 14.4. The highest BCUT2D eigenvalue weighted by atomic mass is 35.5. The lowest BCUT2D eigenvalue weighted by Crippen LogP contribution is -2.32. The summed E-state index contributed by atoms with van der Waals surface area (Å²) in [6.07, 6.45) is 0. The molecule has 0 unspecified atom stereocenters. The number of nitrogens with one attached hydrogen (secondary N) is 1. The van der Waals surface area contributed by atoms with Crippen LogP contribution in [-0.2, 0) is 4.79 Å². The zero-order valence-corrected chi connectivity index (χ0v) is 14.6. The van der Waals surface area contributed by atoms with Crippen LogP contribution in [-0.4, -0.2) is 44.1 Å². The summed E-state index contributed by atoms with van der Waals surface area (Å²) in [6.45, 7) is 2.98. The second-order valence-electron chi connectivity index (χ2n) is 4.57. The van der Waals surface area contributed by atoms with Crippen molar-refractivity contribution in [3.05, 3.63) is 23.2 Å². The Hall–Kier alpha value is -0.720. The SMILES string of the molecule is C[C@@H](N)C(=O)Nc1ccc(OCCN(C)C)c(Cl)c1.Cl.Cl. The first kappa shape index (κ1) is 22.6. The second-order valence-corrected chi connectivity index (χ2v) is 4.98. The van der Waals surface area contributed by atoms with Gasteiger partial charge in [0.1, 0.15) is 12.4 Å². The minimum absolute atomic E-state index is 0. The molecule has 5 nitrogen and oxygen atoms in total. The quantitative estimate of drug-likeness (QED) is 0.819. The largest absolute Gasteiger partial charge is 0.491 e. The summed E-state index contributed by atoms with van der Waals surface area (Å²) in [4.78, 5) is 13.5. The fourth-order valence-corrected chi connectivity index (χ4v) is 1.53. The number of carbonyl (C=O) groups excluding carboxylic acids is 1. The molecule has 3 N–H and O–H groups in total. The lowest BCUT2D eigenvalue weighted by molar-refractivity contribution is -0.117. The summed E-state index contributed by atoms with van der Waals surface area (Å²) in [5, 5.41) is 3.13. The molecule has 8 heteroatoms. The smallest absolute Gasteiger partial charge is 0.240 e. The van der Waals surface area contributed by atoms with E-state index in [2.05, 4.69) is 5.32 Å². The molecule has 0 fully saturated rings. The highest BCUT2D eigenvalue weighted by Gasteiger charge is 2.09. The second kappa shape index (κ2) is 10.9. The van der Waals surface area contributed by atoms with Gasteiger partial charge in [0.2, 0.25) is 5.91 Å². The van der Waals surface area contributed by atoms with Crippen molar-refractivity contribution >= 4 is 48.0 Å². The number of hydrogen-bond acceptors (Lipinski definition) is 4. The molecule has 0 saturated heterocycles. The number of rotatable bonds is 6. The highest BCUT2D eigenvalue weighted by molar-refractivity contribution is 6.32. The molecule has 0 radical (unpaired) electrons. The van der Waals surface area contributed by atoms with E-state index in [0.29, 0.717) is 23.1 Å². The molecular weight excluding hydrogens is 337 g/mol. The molecule has 1 atom stereocenters. The van der Waals surface area contributed by atoms with Crippen molar-refractivity contribution in [2.24, 2.45) is 5.73 Å². The van der Waals surface area contributed by atoms with Crippen LogP contribution in [0, 0.1) is 0 Å². The van der Waals surface area contributed by atoms with E-state index in [4.69, 9.17) is 22.1 Å². The minimum atomic E-state index is -0.560. The Morgan fingerprint density at radius 1 is 1.43 bits per heavy atom. The Morgan fingerprint density at radius 2 is 2.05 bits per heavy atom. The van der Waals surface area contributed by atoms with Gasteiger partial charge in [0.05, 0.1) is 11.1 Å². The number of nitrogens with zero attached hydrogens (tertiary/aromatic N) is 1. The fourth-order valence-electron chi connectivity index (χ4n) is 1.29. The number of halogens is 3. The molecule has 0 aromatic heterocycles. The number of carbonyl (C=O) groups is 1. The number of benzene rings is 1. The molecule has 1 aromatic carbocycles. The van der Waals surface area contributed by atoms with E-state index in [1.54, 1.807) is 25.1 Å². The topological polar surface area (TPSA) is 67.6 Å². The van der Waals surface area contributed by atoms with Crippen molar-refractivity contribution in [1.82, 2.24) is 4.90 Å². The molecule has 0 aliphatic rings. The third kappa shape index (κ3) is 8.34. The summed E-state index contributed by atoms with van der Waals surface area (Å²) in [5.74, 6) is 0.347. The first-order chi connectivity index (χ1) is 8.90. The summed E-state index contributed by atoms with van der Waals surface area (Å²) in [7, 11) is 3.94. The van der Waals surface area contributed by atoms with Gasteiger partial charge < -0.3 is 20.7 Å². The molecule has 0 aliphatic carbocycles. The molecule has 1 amide bonds. The van der Waals surface area contributed by atoms with Crippen molar-refractivity contribution < 1.29 is 9.53 Å². The monoisotopic (exact) mass is 357 g/mol. The van der Waals surface area contributed by atoms with Crippen molar-refractivity contribution in [3.63, 3.8) is 0 Å². The molecule has 0 saturated carbocycles. The van der Waals surface area contributed by atoms with Crippen molar-refractivity contribution in [2.45, 2.75) is 13.0 Å². The zero-order valence-electron chi connectivity index (χ0n) is 12.3. The first-order valence-electron chi connectivity index (χ1n) is 6.03. The van der Waals surface area contributed by atoms with Crippen LogP contribution in [0.5, 0.6) is 5.75 Å². The van der Waals surface area contributed by atoms with Gasteiger partial charge in [0.15, 0.2) is 0 Å². The third-order valence-electron chi connectivity index (χ3n) is 2.41. The van der Waals surface area contributed by atoms with E-state index in [-0.39, 0.29) is 30.7 Å². The van der Waals surface area contributed by atoms with Crippen LogP contribution in [0.3, 0.4) is 0 Å². The van der Waals surface area contributed by atoms with E-state index in [9.17, 15) is 4.79 Å². The fraction of sp³-hybridized carbons (Fsp3) is 0.462. The third-order valence-corrected chi connectivity index (χ3v) is 2.70. The van der Waals surface area contributed by atoms with Crippen LogP contribution >= 0.6 is 36.4 Å². The van der Waals surface area contributed by atoms with Gasteiger partial charge in [-0.05, 0) is 39.2 Å². The summed E-state index contributed by atoms with van der Waals surface area (Å²) in [5.41, 5.74) is 6.08. The number of hydrogen-bond donors (Lipinski definition) is 2. The predicted octanol–water partition coefficient (Wildman–Crippen LogP) is 2.41. The maximum Gasteiger partial charge on any atom is 0.240 e. The van der Waals surface area contributed by atoms with Gasteiger partial charge >= 0.3 is 0 Å². The Labute approximate surface area is 143 Å². The molecule has 0 spiro atoms. The van der Waals surface area contributed by atoms with Crippen molar-refractivity contribution in [1.29, 1.82) is 0 Å². The number of likely N-dealkylation sites (N-methyl/N-ethyl adjacent to an activating group) is 1. The van der Waals surface area contributed by atoms with Crippen LogP contribution < -0.4 is 15.8 Å². The number of ether oxygens (including phenoxy) is 1. The van der Waals surface area contributed by atoms with Gasteiger partial charge in [-0.3, -0.25) is 4.79 Å². The number of nitrogens with two attached hydrogens (primary N) is 1. The Balaban J connectivity index is 0. The van der Waals surface area contributed by atoms with Crippen molar-refractivity contribution in [3.8, 4) is 5.75 Å². The number of anilines is 1. The summed E-state index contributed by atoms with van der Waals surface area (Å²) < 4.78 is 5.54. The molecule has 21 heavy (non-hydrogen) atoms. The van der Waals surface area contributed by atoms with E-state index in [1.165, 1.54) is 0 Å². The Bertz CT molecular complexity index is 443. The van der Waals surface area contributed by atoms with Gasteiger partial charge in [-0.2, -0.15) is 0 Å². The van der Waals surface area contributed by atoms with Gasteiger partial charge in [-0.1, -0.05) is 11.6 Å². The molecule has 0 aliphatic heterocycles. The van der Waals surface area contributed by atoms with Gasteiger partial charge in [0.25, 0.3) is 0 Å². The van der Waals surface area contributed by atoms with Crippen LogP contribution in [0.4, 0.5) is 5.69 Å². The number of amides is 1. The lowest BCUT2D eigenvalue weighted by atomic mass is 10.2. The minimum Gasteiger partial charge on any atom is -0.491 e. The average Bonchev–Trinajstić information content (AvgIpc) is 2.31. The standard InChI is InChI=1S/C13H20ClN3O2.2ClH/c1-9(15)13(18)16-10-4-5-12(11(14)8-10)19-7-6-17(2)3;;/h4-5,8-9H,6-7,15H2,1-3H3,(H,16,18);2*1H/t9-;;/m1../s1. The molecule has 0 bridgehead atoms. The van der Waals surface area contributed by atoms with Gasteiger partial charge in [-0.25, -0.2) is 0 Å². The Kier molecular flexibility index (Phi) is 11.7. The lowest BCUT2D eigenvalue weighted by Gasteiger charge is -2.13. The van der Waals surface area contributed by atoms with E-state index in [0.717, 1.165) is 6.54 Å². The predicted molar refractivity (Wildman–Crippen MR) is 92.3 cm³/mol. The molecule has 1 aromatic rings. The van der Waals surface area contributed by atoms with Gasteiger partial charge in [-0.15, -0.1) is 24.8 Å². The molecule has 122 valence electrons. The summed E-state index contributed by atoms with van der Waals surface area (Å²) >= 11 is 6.09. The maximum atomic E-state index is 11.4. The van der Waals surface area contributed by atoms with Crippen LogP contribution in [0.2, 0.25) is 5.02 Å². The van der Waals surface area contributed by atoms with E-state index in [1.807, 2.05) is 19.0 Å². The van der Waals surface area contributed by atoms with Crippen LogP contribution in [0.15, 0.2) is 18.2 Å². The highest BCUT2D eigenvalue weighted by Crippen LogP contribution is 2.27. The maximum absolute atomic E-state index is 11.4. The molecule has 1 rings (SSSR count). The molecule has 0 heterocycles. The first-order valence-corrected chi connectivity index (χ1v) is 6.41.